The van der Waals surface area contributed by atoms with E-state index in [1.807, 2.05) is 0 Å². The summed E-state index contributed by atoms with van der Waals surface area (Å²) in [6, 6.07) is 3.25. The monoisotopic (exact) mass is 379 g/mol. The second-order valence-corrected chi connectivity index (χ2v) is 7.42. The van der Waals surface area contributed by atoms with Crippen LogP contribution in [0, 0.1) is 6.92 Å². The van der Waals surface area contributed by atoms with E-state index >= 15 is 0 Å². The summed E-state index contributed by atoms with van der Waals surface area (Å²) in [6.45, 7) is 10.6. The summed E-state index contributed by atoms with van der Waals surface area (Å²) in [5.41, 5.74) is -0.282. The summed E-state index contributed by atoms with van der Waals surface area (Å²) in [4.78, 5) is 40.5. The van der Waals surface area contributed by atoms with Crippen LogP contribution in [-0.4, -0.2) is 41.2 Å². The van der Waals surface area contributed by atoms with Crippen molar-refractivity contribution in [3.8, 4) is 0 Å². The summed E-state index contributed by atoms with van der Waals surface area (Å²) in [7, 11) is 1.28. The third-order valence-corrected chi connectivity index (χ3v) is 3.93. The van der Waals surface area contributed by atoms with Crippen molar-refractivity contribution in [1.82, 2.24) is 15.6 Å². The maximum absolute atomic E-state index is 12.5. The highest BCUT2D eigenvalue weighted by atomic mass is 16.6. The Kier molecular flexibility index (Phi) is 7.33. The molecular formula is C19H29N3O5. The van der Waals surface area contributed by atoms with Crippen LogP contribution in [0.25, 0.3) is 0 Å². The van der Waals surface area contributed by atoms with E-state index in [-0.39, 0.29) is 6.54 Å². The first-order valence-electron chi connectivity index (χ1n) is 8.76. The van der Waals surface area contributed by atoms with Gasteiger partial charge in [-0.05, 0) is 53.2 Å². The normalized spacial score (nSPS) is 13.3. The number of hydrogen-bond donors (Lipinski definition) is 2. The first kappa shape index (κ1) is 22.4. The molecule has 0 saturated heterocycles. The van der Waals surface area contributed by atoms with Crippen LogP contribution in [0.1, 0.15) is 62.8 Å². The molecule has 1 aromatic rings. The summed E-state index contributed by atoms with van der Waals surface area (Å²) >= 11 is 0. The van der Waals surface area contributed by atoms with Crippen molar-refractivity contribution in [2.45, 2.75) is 65.6 Å². The average Bonchev–Trinajstić information content (AvgIpc) is 2.57. The number of nitrogens with zero attached hydrogens (tertiary/aromatic N) is 1. The largest absolute Gasteiger partial charge is 0.467 e. The SMILES string of the molecule is CC[C@@](C)(NC(=O)c1ccc(CNC(=O)OC(C)(C)C)nc1C)C(=O)OC. The smallest absolute Gasteiger partial charge is 0.407 e. The van der Waals surface area contributed by atoms with E-state index < -0.39 is 29.1 Å². The zero-order chi connectivity index (χ0) is 20.8. The molecule has 1 heterocycles. The van der Waals surface area contributed by atoms with Crippen molar-refractivity contribution in [2.75, 3.05) is 7.11 Å². The fourth-order valence-electron chi connectivity index (χ4n) is 2.26. The Bertz CT molecular complexity index is 712. The molecule has 0 aliphatic rings. The molecule has 0 aliphatic carbocycles. The second-order valence-electron chi connectivity index (χ2n) is 7.42. The van der Waals surface area contributed by atoms with Crippen molar-refractivity contribution in [3.63, 3.8) is 0 Å². The van der Waals surface area contributed by atoms with Gasteiger partial charge in [-0.2, -0.15) is 0 Å². The second kappa shape index (κ2) is 8.83. The van der Waals surface area contributed by atoms with E-state index in [0.29, 0.717) is 23.4 Å². The highest BCUT2D eigenvalue weighted by Crippen LogP contribution is 2.15. The molecule has 150 valence electrons. The van der Waals surface area contributed by atoms with E-state index in [4.69, 9.17) is 9.47 Å². The molecule has 1 rings (SSSR count). The van der Waals surface area contributed by atoms with E-state index in [1.165, 1.54) is 7.11 Å². The Labute approximate surface area is 160 Å². The molecule has 2 N–H and O–H groups in total. The van der Waals surface area contributed by atoms with Crippen LogP contribution in [-0.2, 0) is 20.8 Å². The lowest BCUT2D eigenvalue weighted by atomic mass is 9.98. The summed E-state index contributed by atoms with van der Waals surface area (Å²) in [5.74, 6) is -0.927. The van der Waals surface area contributed by atoms with Crippen LogP contribution < -0.4 is 10.6 Å². The number of ether oxygens (including phenoxy) is 2. The maximum atomic E-state index is 12.5. The number of carbonyl (C=O) groups excluding carboxylic acids is 3. The minimum Gasteiger partial charge on any atom is -0.467 e. The highest BCUT2D eigenvalue weighted by molar-refractivity contribution is 5.98. The summed E-state index contributed by atoms with van der Waals surface area (Å²) in [5, 5.41) is 5.32. The van der Waals surface area contributed by atoms with E-state index in [0.717, 1.165) is 0 Å². The Hall–Kier alpha value is -2.64. The van der Waals surface area contributed by atoms with Gasteiger partial charge in [0, 0.05) is 0 Å². The fraction of sp³-hybridized carbons (Fsp3) is 0.579. The van der Waals surface area contributed by atoms with Crippen molar-refractivity contribution in [2.24, 2.45) is 0 Å². The van der Waals surface area contributed by atoms with Gasteiger partial charge >= 0.3 is 12.1 Å². The van der Waals surface area contributed by atoms with Crippen LogP contribution in [0.15, 0.2) is 12.1 Å². The highest BCUT2D eigenvalue weighted by Gasteiger charge is 2.34. The van der Waals surface area contributed by atoms with Crippen LogP contribution in [0.4, 0.5) is 4.79 Å². The van der Waals surface area contributed by atoms with Gasteiger partial charge in [-0.3, -0.25) is 9.78 Å². The minimum atomic E-state index is -1.12. The van der Waals surface area contributed by atoms with E-state index in [1.54, 1.807) is 53.7 Å². The lowest BCUT2D eigenvalue weighted by Gasteiger charge is -2.26. The number of pyridine rings is 1. The lowest BCUT2D eigenvalue weighted by molar-refractivity contribution is -0.147. The van der Waals surface area contributed by atoms with Crippen molar-refractivity contribution in [3.05, 3.63) is 29.1 Å². The number of methoxy groups -OCH3 is 1. The number of esters is 1. The summed E-state index contributed by atoms with van der Waals surface area (Å²) in [6.07, 6.45) is -0.156. The van der Waals surface area contributed by atoms with E-state index in [9.17, 15) is 14.4 Å². The molecule has 0 aromatic carbocycles. The third-order valence-electron chi connectivity index (χ3n) is 3.93. The predicted molar refractivity (Wildman–Crippen MR) is 100 cm³/mol. The van der Waals surface area contributed by atoms with Gasteiger partial charge in [-0.15, -0.1) is 0 Å². The number of aromatic nitrogens is 1. The van der Waals surface area contributed by atoms with Gasteiger partial charge < -0.3 is 20.1 Å². The van der Waals surface area contributed by atoms with Crippen LogP contribution in [0.2, 0.25) is 0 Å². The molecule has 8 heteroatoms. The van der Waals surface area contributed by atoms with Crippen LogP contribution in [0.5, 0.6) is 0 Å². The van der Waals surface area contributed by atoms with Crippen molar-refractivity contribution >= 4 is 18.0 Å². The first-order chi connectivity index (χ1) is 12.4. The van der Waals surface area contributed by atoms with Gasteiger partial charge in [-0.25, -0.2) is 9.59 Å². The average molecular weight is 379 g/mol. The number of carbonyl (C=O) groups is 3. The number of nitrogens with one attached hydrogen (secondary N) is 2. The molecular weight excluding hydrogens is 350 g/mol. The van der Waals surface area contributed by atoms with Gasteiger partial charge in [0.25, 0.3) is 5.91 Å². The standard InChI is InChI=1S/C19H29N3O5/c1-8-19(6,16(24)26-7)22-15(23)14-10-9-13(21-12(14)2)11-20-17(25)27-18(3,4)5/h9-10H,8,11H2,1-7H3,(H,20,25)(H,22,23)/t19-/m1/s1. The minimum absolute atomic E-state index is 0.173. The van der Waals surface area contributed by atoms with Gasteiger partial charge in [-0.1, -0.05) is 6.92 Å². The molecule has 0 fully saturated rings. The molecule has 2 amide bonds. The number of rotatable bonds is 6. The molecule has 8 nitrogen and oxygen atoms in total. The Balaban J connectivity index is 2.81. The molecule has 1 aromatic heterocycles. The van der Waals surface area contributed by atoms with Gasteiger partial charge in [0.05, 0.1) is 30.6 Å². The molecule has 0 spiro atoms. The summed E-state index contributed by atoms with van der Waals surface area (Å²) < 4.78 is 9.93. The van der Waals surface area contributed by atoms with Crippen molar-refractivity contribution < 1.29 is 23.9 Å². The number of aryl methyl sites for hydroxylation is 1. The lowest BCUT2D eigenvalue weighted by Crippen LogP contribution is -2.52. The molecule has 0 bridgehead atoms. The Morgan fingerprint density at radius 3 is 2.26 bits per heavy atom. The van der Waals surface area contributed by atoms with E-state index in [2.05, 4.69) is 15.6 Å². The zero-order valence-corrected chi connectivity index (χ0v) is 17.1. The predicted octanol–water partition coefficient (Wildman–Crippen LogP) is 2.49. The molecule has 27 heavy (non-hydrogen) atoms. The van der Waals surface area contributed by atoms with Gasteiger partial charge in [0.15, 0.2) is 0 Å². The van der Waals surface area contributed by atoms with Gasteiger partial charge in [0.1, 0.15) is 11.1 Å². The zero-order valence-electron chi connectivity index (χ0n) is 17.1. The number of hydrogen-bond acceptors (Lipinski definition) is 6. The molecule has 0 unspecified atom stereocenters. The van der Waals surface area contributed by atoms with Gasteiger partial charge in [0.2, 0.25) is 0 Å². The Morgan fingerprint density at radius 2 is 1.78 bits per heavy atom. The Morgan fingerprint density at radius 1 is 1.15 bits per heavy atom. The number of alkyl carbamates (subject to hydrolysis) is 1. The molecule has 0 saturated carbocycles. The fourth-order valence-corrected chi connectivity index (χ4v) is 2.26. The van der Waals surface area contributed by atoms with Crippen LogP contribution in [0.3, 0.4) is 0 Å². The third kappa shape index (κ3) is 6.54. The first-order valence-corrected chi connectivity index (χ1v) is 8.76. The molecule has 1 atom stereocenters. The van der Waals surface area contributed by atoms with Crippen molar-refractivity contribution in [1.29, 1.82) is 0 Å². The van der Waals surface area contributed by atoms with Crippen LogP contribution >= 0.6 is 0 Å². The quantitative estimate of drug-likeness (QED) is 0.736. The maximum Gasteiger partial charge on any atom is 0.407 e. The number of amides is 2. The molecule has 0 aliphatic heterocycles. The topological polar surface area (TPSA) is 107 Å². The molecule has 0 radical (unpaired) electrons.